The molecular formula is C17H17N3O5S. The molecule has 9 heteroatoms. The molecule has 136 valence electrons. The Morgan fingerprint density at radius 3 is 2.73 bits per heavy atom. The number of pyridine rings is 1. The van der Waals surface area contributed by atoms with E-state index in [9.17, 15) is 13.2 Å². The van der Waals surface area contributed by atoms with E-state index in [1.165, 1.54) is 6.20 Å². The van der Waals surface area contributed by atoms with Crippen molar-refractivity contribution in [1.29, 1.82) is 0 Å². The number of aromatic nitrogens is 1. The second-order valence-electron chi connectivity index (χ2n) is 6.20. The fourth-order valence-electron chi connectivity index (χ4n) is 2.91. The maximum absolute atomic E-state index is 12.3. The number of carbonyl (C=O) groups is 1. The van der Waals surface area contributed by atoms with Crippen LogP contribution in [0.3, 0.4) is 0 Å². The Labute approximate surface area is 150 Å². The molecule has 3 heterocycles. The van der Waals surface area contributed by atoms with Crippen molar-refractivity contribution < 1.29 is 22.7 Å². The standard InChI is InChI=1S/C17H17N3O5S/c21-17(11-1-3-14-15(7-11)25-10-24-14)20-12-2-4-16(18-8-12)19-13-5-6-26(22,23)9-13/h1-4,7-8,13H,5-6,9-10H2,(H,18,19)(H,20,21). The summed E-state index contributed by atoms with van der Waals surface area (Å²) in [6.07, 6.45) is 2.10. The zero-order chi connectivity index (χ0) is 18.1. The van der Waals surface area contributed by atoms with Crippen molar-refractivity contribution in [2.45, 2.75) is 12.5 Å². The van der Waals surface area contributed by atoms with E-state index >= 15 is 0 Å². The highest BCUT2D eigenvalue weighted by Gasteiger charge is 2.27. The molecule has 1 aromatic carbocycles. The summed E-state index contributed by atoms with van der Waals surface area (Å²) in [6, 6.07) is 8.28. The van der Waals surface area contributed by atoms with E-state index in [-0.39, 0.29) is 30.2 Å². The normalized spacial score (nSPS) is 19.9. The SMILES string of the molecule is O=C(Nc1ccc(NC2CCS(=O)(=O)C2)nc1)c1ccc2c(c1)OCO2. The van der Waals surface area contributed by atoms with E-state index in [0.29, 0.717) is 35.0 Å². The molecule has 0 spiro atoms. The molecule has 1 atom stereocenters. The zero-order valence-electron chi connectivity index (χ0n) is 13.8. The summed E-state index contributed by atoms with van der Waals surface area (Å²) in [5.74, 6) is 1.78. The number of hydrogen-bond donors (Lipinski definition) is 2. The van der Waals surface area contributed by atoms with Crippen LogP contribution in [0.15, 0.2) is 36.5 Å². The van der Waals surface area contributed by atoms with Crippen LogP contribution in [-0.2, 0) is 9.84 Å². The Kier molecular flexibility index (Phi) is 4.15. The molecule has 4 rings (SSSR count). The lowest BCUT2D eigenvalue weighted by molar-refractivity contribution is 0.102. The average Bonchev–Trinajstić information content (AvgIpc) is 3.21. The van der Waals surface area contributed by atoms with Crippen LogP contribution in [0.1, 0.15) is 16.8 Å². The Hall–Kier alpha value is -2.81. The van der Waals surface area contributed by atoms with Crippen LogP contribution in [0.4, 0.5) is 11.5 Å². The average molecular weight is 375 g/mol. The van der Waals surface area contributed by atoms with Crippen molar-refractivity contribution in [3.63, 3.8) is 0 Å². The molecule has 1 aromatic heterocycles. The van der Waals surface area contributed by atoms with Gasteiger partial charge in [0.25, 0.3) is 5.91 Å². The van der Waals surface area contributed by atoms with E-state index in [0.717, 1.165) is 0 Å². The quantitative estimate of drug-likeness (QED) is 0.837. The third-order valence-corrected chi connectivity index (χ3v) is 6.01. The summed E-state index contributed by atoms with van der Waals surface area (Å²) in [5, 5.41) is 5.87. The Morgan fingerprint density at radius 1 is 1.15 bits per heavy atom. The number of nitrogens with zero attached hydrogens (tertiary/aromatic N) is 1. The van der Waals surface area contributed by atoms with Crippen molar-refractivity contribution in [1.82, 2.24) is 4.98 Å². The van der Waals surface area contributed by atoms with Gasteiger partial charge in [-0.05, 0) is 36.8 Å². The topological polar surface area (TPSA) is 107 Å². The minimum atomic E-state index is -2.94. The fraction of sp³-hybridized carbons (Fsp3) is 0.294. The van der Waals surface area contributed by atoms with Gasteiger partial charge < -0.3 is 20.1 Å². The van der Waals surface area contributed by atoms with Gasteiger partial charge in [0.1, 0.15) is 5.82 Å². The molecule has 0 saturated carbocycles. The molecule has 1 amide bonds. The molecule has 2 aliphatic rings. The van der Waals surface area contributed by atoms with Crippen LogP contribution < -0.4 is 20.1 Å². The summed E-state index contributed by atoms with van der Waals surface area (Å²) in [7, 11) is -2.94. The second kappa shape index (κ2) is 6.49. The molecule has 8 nitrogen and oxygen atoms in total. The molecule has 1 saturated heterocycles. The van der Waals surface area contributed by atoms with Crippen molar-refractivity contribution in [2.24, 2.45) is 0 Å². The molecule has 2 aliphatic heterocycles. The third-order valence-electron chi connectivity index (χ3n) is 4.24. The van der Waals surface area contributed by atoms with Crippen LogP contribution >= 0.6 is 0 Å². The van der Waals surface area contributed by atoms with Crippen molar-refractivity contribution in [3.8, 4) is 11.5 Å². The highest BCUT2D eigenvalue weighted by Crippen LogP contribution is 2.32. The summed E-state index contributed by atoms with van der Waals surface area (Å²) >= 11 is 0. The summed E-state index contributed by atoms with van der Waals surface area (Å²) < 4.78 is 33.5. The monoisotopic (exact) mass is 375 g/mol. The molecule has 1 fully saturated rings. The molecule has 0 bridgehead atoms. The van der Waals surface area contributed by atoms with Gasteiger partial charge >= 0.3 is 0 Å². The maximum atomic E-state index is 12.3. The maximum Gasteiger partial charge on any atom is 0.255 e. The zero-order valence-corrected chi connectivity index (χ0v) is 14.6. The van der Waals surface area contributed by atoms with Crippen LogP contribution in [-0.4, -0.2) is 43.6 Å². The number of amides is 1. The first-order valence-corrected chi connectivity index (χ1v) is 9.95. The van der Waals surface area contributed by atoms with Gasteiger partial charge in [0.05, 0.1) is 23.4 Å². The van der Waals surface area contributed by atoms with Crippen molar-refractivity contribution in [3.05, 3.63) is 42.1 Å². The van der Waals surface area contributed by atoms with Crippen molar-refractivity contribution in [2.75, 3.05) is 28.9 Å². The number of ether oxygens (including phenoxy) is 2. The van der Waals surface area contributed by atoms with Crippen molar-refractivity contribution >= 4 is 27.2 Å². The summed E-state index contributed by atoms with van der Waals surface area (Å²) in [4.78, 5) is 16.6. The first-order valence-electron chi connectivity index (χ1n) is 8.12. The summed E-state index contributed by atoms with van der Waals surface area (Å²) in [5.41, 5.74) is 0.991. The minimum Gasteiger partial charge on any atom is -0.454 e. The Balaban J connectivity index is 1.39. The Bertz CT molecular complexity index is 943. The molecule has 0 aliphatic carbocycles. The van der Waals surface area contributed by atoms with Crippen LogP contribution in [0.2, 0.25) is 0 Å². The highest BCUT2D eigenvalue weighted by molar-refractivity contribution is 7.91. The number of fused-ring (bicyclic) bond motifs is 1. The predicted octanol–water partition coefficient (Wildman–Crippen LogP) is 1.66. The second-order valence-corrected chi connectivity index (χ2v) is 8.43. The lowest BCUT2D eigenvalue weighted by Gasteiger charge is -2.12. The molecule has 2 aromatic rings. The van der Waals surface area contributed by atoms with Gasteiger partial charge in [0.2, 0.25) is 6.79 Å². The largest absolute Gasteiger partial charge is 0.454 e. The number of sulfone groups is 1. The van der Waals surface area contributed by atoms with Gasteiger partial charge in [-0.15, -0.1) is 0 Å². The molecule has 1 unspecified atom stereocenters. The van der Waals surface area contributed by atoms with E-state index in [4.69, 9.17) is 9.47 Å². The number of carbonyl (C=O) groups excluding carboxylic acids is 1. The first-order chi connectivity index (χ1) is 12.5. The lowest BCUT2D eigenvalue weighted by atomic mass is 10.2. The highest BCUT2D eigenvalue weighted by atomic mass is 32.2. The molecular weight excluding hydrogens is 358 g/mol. The smallest absolute Gasteiger partial charge is 0.255 e. The molecule has 26 heavy (non-hydrogen) atoms. The van der Waals surface area contributed by atoms with Gasteiger partial charge in [0, 0.05) is 11.6 Å². The van der Waals surface area contributed by atoms with Crippen LogP contribution in [0.25, 0.3) is 0 Å². The van der Waals surface area contributed by atoms with E-state index in [1.54, 1.807) is 30.3 Å². The number of rotatable bonds is 4. The number of hydrogen-bond acceptors (Lipinski definition) is 7. The van der Waals surface area contributed by atoms with E-state index in [2.05, 4.69) is 15.6 Å². The van der Waals surface area contributed by atoms with Gasteiger partial charge in [-0.2, -0.15) is 0 Å². The van der Waals surface area contributed by atoms with E-state index in [1.807, 2.05) is 0 Å². The van der Waals surface area contributed by atoms with Crippen LogP contribution in [0.5, 0.6) is 11.5 Å². The van der Waals surface area contributed by atoms with Gasteiger partial charge in [-0.25, -0.2) is 13.4 Å². The molecule has 2 N–H and O–H groups in total. The predicted molar refractivity (Wildman–Crippen MR) is 95.4 cm³/mol. The lowest BCUT2D eigenvalue weighted by Crippen LogP contribution is -2.21. The van der Waals surface area contributed by atoms with Gasteiger partial charge in [0.15, 0.2) is 21.3 Å². The Morgan fingerprint density at radius 2 is 2.00 bits per heavy atom. The number of anilines is 2. The van der Waals surface area contributed by atoms with Crippen LogP contribution in [0, 0.1) is 0 Å². The minimum absolute atomic E-state index is 0.122. The molecule has 0 radical (unpaired) electrons. The van der Waals surface area contributed by atoms with Gasteiger partial charge in [-0.1, -0.05) is 0 Å². The number of benzene rings is 1. The first kappa shape index (κ1) is 16.6. The fourth-order valence-corrected chi connectivity index (χ4v) is 4.59. The van der Waals surface area contributed by atoms with Gasteiger partial charge in [-0.3, -0.25) is 4.79 Å². The third kappa shape index (κ3) is 3.57. The summed E-state index contributed by atoms with van der Waals surface area (Å²) in [6.45, 7) is 0.154. The number of nitrogens with one attached hydrogen (secondary N) is 2. The van der Waals surface area contributed by atoms with E-state index < -0.39 is 9.84 Å².